The summed E-state index contributed by atoms with van der Waals surface area (Å²) in [5.74, 6) is -1.92. The molecule has 4 saturated heterocycles. The summed E-state index contributed by atoms with van der Waals surface area (Å²) >= 11 is 0. The molecule has 0 saturated carbocycles. The van der Waals surface area contributed by atoms with Crippen molar-refractivity contribution in [2.24, 2.45) is 0 Å². The summed E-state index contributed by atoms with van der Waals surface area (Å²) in [6, 6.07) is 2.48. The van der Waals surface area contributed by atoms with Crippen LogP contribution in [0, 0.1) is 11.6 Å². The fraction of sp³-hybridized carbons (Fsp3) is 0.500. The first kappa shape index (κ1) is 25.8. The molecule has 2 bridgehead atoms. The molecule has 0 radical (unpaired) electrons. The topological polar surface area (TPSA) is 139 Å². The van der Waals surface area contributed by atoms with Crippen LogP contribution >= 0.6 is 0 Å². The van der Waals surface area contributed by atoms with E-state index in [1.165, 1.54) is 6.07 Å². The maximum absolute atomic E-state index is 16.5. The van der Waals surface area contributed by atoms with Gasteiger partial charge in [-0.05, 0) is 44.4 Å². The van der Waals surface area contributed by atoms with E-state index in [1.54, 1.807) is 0 Å². The van der Waals surface area contributed by atoms with E-state index in [1.807, 2.05) is 4.90 Å². The lowest BCUT2D eigenvalue weighted by Gasteiger charge is -2.34. The molecular formula is C28H29F3N8O3. The van der Waals surface area contributed by atoms with Gasteiger partial charge >= 0.3 is 6.01 Å². The minimum absolute atomic E-state index is 0.0412. The molecule has 0 aliphatic carbocycles. The van der Waals surface area contributed by atoms with Gasteiger partial charge in [-0.25, -0.2) is 18.2 Å². The van der Waals surface area contributed by atoms with Crippen molar-refractivity contribution in [2.75, 3.05) is 43.4 Å². The van der Waals surface area contributed by atoms with Crippen LogP contribution in [-0.4, -0.2) is 86.5 Å². The summed E-state index contributed by atoms with van der Waals surface area (Å²) in [5, 5.41) is 14.6. The lowest BCUT2D eigenvalue weighted by atomic mass is 9.95. The number of fused-ring (bicyclic) bond motifs is 5. The number of nitrogen functional groups attached to an aromatic ring is 1. The van der Waals surface area contributed by atoms with Crippen molar-refractivity contribution in [2.45, 2.75) is 55.9 Å². The third-order valence-electron chi connectivity index (χ3n) is 9.24. The van der Waals surface area contributed by atoms with Crippen LogP contribution in [-0.2, 0) is 0 Å². The fourth-order valence-electron chi connectivity index (χ4n) is 7.39. The quantitative estimate of drug-likeness (QED) is 0.320. The number of anilines is 2. The number of pyridine rings is 1. The third kappa shape index (κ3) is 3.95. The standard InChI is InChI=1S/C28H29F3N8O3/c29-13-8-28(6-1-7-39(28)9-13)12-41-27-36-21-19(31)18(16-4-5-17(30)23-20(16)35-26(32)42-23)25(40)34-22(21)24(37-27)38-10-14-2-3-15(11-38)33-14/h4-5,13-15,33H,1-3,6-12H2,(H2,32,35)(H,34,40)/t13-,14?,15?,28+/m1/s1. The van der Waals surface area contributed by atoms with Crippen LogP contribution in [0.3, 0.4) is 0 Å². The predicted octanol–water partition coefficient (Wildman–Crippen LogP) is 3.29. The van der Waals surface area contributed by atoms with Gasteiger partial charge in [0, 0.05) is 43.7 Å². The van der Waals surface area contributed by atoms with Crippen molar-refractivity contribution < 1.29 is 27.4 Å². The monoisotopic (exact) mass is 582 g/mol. The van der Waals surface area contributed by atoms with E-state index in [0.29, 0.717) is 31.9 Å². The number of nitrogens with zero attached hydrogens (tertiary/aromatic N) is 6. The Morgan fingerprint density at radius 2 is 1.88 bits per heavy atom. The molecule has 2 unspecified atom stereocenters. The Hall–Kier alpha value is -3.91. The van der Waals surface area contributed by atoms with Crippen molar-refractivity contribution in [1.82, 2.24) is 30.2 Å². The van der Waals surface area contributed by atoms with Crippen LogP contribution in [0.25, 0.3) is 33.3 Å². The summed E-state index contributed by atoms with van der Waals surface area (Å²) in [5.41, 5.74) is 4.51. The first-order chi connectivity index (χ1) is 20.3. The molecule has 3 aromatic heterocycles. The van der Waals surface area contributed by atoms with E-state index >= 15 is 4.39 Å². The smallest absolute Gasteiger partial charge is 0.319 e. The third-order valence-corrected chi connectivity index (χ3v) is 9.24. The highest BCUT2D eigenvalue weighted by Crippen LogP contribution is 2.43. The van der Waals surface area contributed by atoms with Gasteiger partial charge in [-0.3, -0.25) is 4.90 Å². The zero-order valence-electron chi connectivity index (χ0n) is 22.6. The Morgan fingerprint density at radius 1 is 1.07 bits per heavy atom. The number of aromatic hydroxyl groups is 1. The van der Waals surface area contributed by atoms with Crippen molar-refractivity contribution in [3.8, 4) is 23.0 Å². The Bertz CT molecular complexity index is 1720. The number of nitrogens with one attached hydrogen (secondary N) is 1. The van der Waals surface area contributed by atoms with Gasteiger partial charge in [0.15, 0.2) is 23.0 Å². The Balaban J connectivity index is 1.27. The van der Waals surface area contributed by atoms with Gasteiger partial charge in [0.25, 0.3) is 6.01 Å². The highest BCUT2D eigenvalue weighted by Gasteiger charge is 2.49. The summed E-state index contributed by atoms with van der Waals surface area (Å²) in [4.78, 5) is 21.6. The Labute approximate surface area is 237 Å². The molecule has 4 fully saturated rings. The summed E-state index contributed by atoms with van der Waals surface area (Å²) in [7, 11) is 0. The molecule has 220 valence electrons. The average Bonchev–Trinajstić information content (AvgIpc) is 3.70. The van der Waals surface area contributed by atoms with E-state index in [2.05, 4.69) is 30.2 Å². The molecule has 4 N–H and O–H groups in total. The number of rotatable bonds is 5. The minimum atomic E-state index is -0.927. The molecule has 1 aromatic carbocycles. The molecule has 4 aliphatic heterocycles. The van der Waals surface area contributed by atoms with E-state index in [4.69, 9.17) is 14.9 Å². The van der Waals surface area contributed by atoms with Crippen molar-refractivity contribution in [3.63, 3.8) is 0 Å². The zero-order valence-corrected chi connectivity index (χ0v) is 22.6. The molecule has 0 spiro atoms. The molecule has 42 heavy (non-hydrogen) atoms. The zero-order chi connectivity index (χ0) is 28.7. The van der Waals surface area contributed by atoms with Crippen LogP contribution in [0.5, 0.6) is 11.9 Å². The van der Waals surface area contributed by atoms with Crippen molar-refractivity contribution in [3.05, 3.63) is 23.8 Å². The second-order valence-electron chi connectivity index (χ2n) is 11.9. The van der Waals surface area contributed by atoms with E-state index in [-0.39, 0.29) is 64.0 Å². The Kier molecular flexibility index (Phi) is 5.70. The van der Waals surface area contributed by atoms with E-state index in [0.717, 1.165) is 38.3 Å². The minimum Gasteiger partial charge on any atom is -0.493 e. The van der Waals surface area contributed by atoms with Crippen LogP contribution in [0.1, 0.15) is 32.1 Å². The van der Waals surface area contributed by atoms with Gasteiger partial charge < -0.3 is 30.2 Å². The summed E-state index contributed by atoms with van der Waals surface area (Å²) in [6.45, 7) is 2.58. The molecule has 8 rings (SSSR count). The molecular weight excluding hydrogens is 553 g/mol. The number of aromatic nitrogens is 4. The first-order valence-corrected chi connectivity index (χ1v) is 14.3. The first-order valence-electron chi connectivity index (χ1n) is 14.3. The SMILES string of the molecule is Nc1nc2c(-c3c(O)nc4c(N5CC6CCC(C5)N6)nc(OC[C@@]56CCCN5C[C@H](F)C6)nc4c3F)ccc(F)c2o1. The molecule has 11 nitrogen and oxygen atoms in total. The second kappa shape index (κ2) is 9.30. The summed E-state index contributed by atoms with van der Waals surface area (Å²) < 4.78 is 56.7. The lowest BCUT2D eigenvalue weighted by Crippen LogP contribution is -2.51. The maximum Gasteiger partial charge on any atom is 0.319 e. The van der Waals surface area contributed by atoms with Crippen LogP contribution < -0.4 is 20.7 Å². The predicted molar refractivity (Wildman–Crippen MR) is 147 cm³/mol. The highest BCUT2D eigenvalue weighted by atomic mass is 19.1. The number of hydrogen-bond acceptors (Lipinski definition) is 11. The van der Waals surface area contributed by atoms with Crippen molar-refractivity contribution in [1.29, 1.82) is 0 Å². The number of halogens is 3. The number of ether oxygens (including phenoxy) is 1. The number of alkyl halides is 1. The normalized spacial score (nSPS) is 27.4. The highest BCUT2D eigenvalue weighted by molar-refractivity contribution is 5.98. The fourth-order valence-corrected chi connectivity index (χ4v) is 7.39. The van der Waals surface area contributed by atoms with Crippen LogP contribution in [0.2, 0.25) is 0 Å². The Morgan fingerprint density at radius 3 is 2.69 bits per heavy atom. The molecule has 4 aliphatic rings. The maximum atomic E-state index is 16.5. The molecule has 4 atom stereocenters. The van der Waals surface area contributed by atoms with Crippen LogP contribution in [0.15, 0.2) is 16.5 Å². The average molecular weight is 583 g/mol. The summed E-state index contributed by atoms with van der Waals surface area (Å²) in [6.07, 6.45) is 3.20. The van der Waals surface area contributed by atoms with E-state index in [9.17, 15) is 13.9 Å². The van der Waals surface area contributed by atoms with Crippen molar-refractivity contribution >= 4 is 34.0 Å². The number of hydrogen-bond donors (Lipinski definition) is 3. The molecule has 4 aromatic rings. The van der Waals surface area contributed by atoms with Gasteiger partial charge in [0.05, 0.1) is 11.1 Å². The number of piperazine rings is 1. The van der Waals surface area contributed by atoms with Gasteiger partial charge in [0.1, 0.15) is 29.3 Å². The van der Waals surface area contributed by atoms with Gasteiger partial charge in [0.2, 0.25) is 5.88 Å². The number of nitrogens with two attached hydrogens (primary N) is 1. The molecule has 14 heteroatoms. The van der Waals surface area contributed by atoms with Gasteiger partial charge in [-0.15, -0.1) is 0 Å². The van der Waals surface area contributed by atoms with Gasteiger partial charge in [-0.2, -0.15) is 15.0 Å². The van der Waals surface area contributed by atoms with E-state index < -0.39 is 29.2 Å². The van der Waals surface area contributed by atoms with Gasteiger partial charge in [-0.1, -0.05) is 0 Å². The lowest BCUT2D eigenvalue weighted by molar-refractivity contribution is 0.107. The number of benzene rings is 1. The molecule has 7 heterocycles. The second-order valence-corrected chi connectivity index (χ2v) is 11.9. The number of oxazole rings is 1. The largest absolute Gasteiger partial charge is 0.493 e. The van der Waals surface area contributed by atoms with Crippen LogP contribution in [0.4, 0.5) is 25.0 Å². The molecule has 0 amide bonds.